The number of aromatic nitrogens is 18. The maximum Gasteiger partial charge on any atom is 0.280 e. The van der Waals surface area contributed by atoms with E-state index in [4.69, 9.17) is 44.8 Å². The van der Waals surface area contributed by atoms with Crippen LogP contribution >= 0.6 is 46.0 Å². The zero-order chi connectivity index (χ0) is 101. The van der Waals surface area contributed by atoms with Crippen molar-refractivity contribution < 1.29 is 79.1 Å². The highest BCUT2D eigenvalue weighted by atomic mass is 35.5. The molecule has 48 heteroatoms. The minimum Gasteiger partial charge on any atom is -0.479 e. The maximum atomic E-state index is 12.4. The predicted octanol–water partition coefficient (Wildman–Crippen LogP) is 8.71. The van der Waals surface area contributed by atoms with Gasteiger partial charge in [-0.3, -0.25) is 52.2 Å². The molecule has 140 heavy (non-hydrogen) atoms. The van der Waals surface area contributed by atoms with Crippen molar-refractivity contribution >= 4 is 152 Å². The molecule has 9 aromatic heterocycles. The number of anilines is 4. The Morgan fingerprint density at radius 1 is 0.429 bits per heavy atom. The van der Waals surface area contributed by atoms with Crippen LogP contribution in [0.5, 0.6) is 5.88 Å². The normalized spacial score (nSPS) is 27.3. The highest BCUT2D eigenvalue weighted by Crippen LogP contribution is 2.50. The van der Waals surface area contributed by atoms with Crippen LogP contribution in [0.2, 0.25) is 0 Å². The van der Waals surface area contributed by atoms with E-state index in [0.717, 1.165) is 61.7 Å². The fourth-order valence-corrected chi connectivity index (χ4v) is 27.8. The van der Waals surface area contributed by atoms with E-state index in [1.165, 1.54) is 46.1 Å². The van der Waals surface area contributed by atoms with Gasteiger partial charge >= 0.3 is 0 Å². The fourth-order valence-electron chi connectivity index (χ4n) is 18.6. The van der Waals surface area contributed by atoms with E-state index in [9.17, 15) is 60.3 Å². The van der Waals surface area contributed by atoms with Crippen molar-refractivity contribution in [3.63, 3.8) is 0 Å². The van der Waals surface area contributed by atoms with Gasteiger partial charge in [0.05, 0.1) is 69.3 Å². The van der Waals surface area contributed by atoms with Crippen molar-refractivity contribution in [3.05, 3.63) is 74.2 Å². The Labute approximate surface area is 826 Å². The minimum atomic E-state index is -1.32. The molecule has 16 N–H and O–H groups in total. The van der Waals surface area contributed by atoms with Crippen LogP contribution in [-0.4, -0.2) is 393 Å². The van der Waals surface area contributed by atoms with E-state index < -0.39 is 157 Å². The van der Waals surface area contributed by atoms with Crippen LogP contribution in [0.3, 0.4) is 0 Å². The monoisotopic (exact) mass is 2080 g/mol. The highest BCUT2D eigenvalue weighted by molar-refractivity contribution is 7.73. The van der Waals surface area contributed by atoms with Gasteiger partial charge in [-0.2, -0.15) is 19.9 Å². The summed E-state index contributed by atoms with van der Waals surface area (Å²) in [4.78, 5) is 92.3. The molecule has 0 spiro atoms. The second kappa shape index (κ2) is 48.8. The van der Waals surface area contributed by atoms with Crippen molar-refractivity contribution in [1.82, 2.24) is 87.6 Å². The maximum absolute atomic E-state index is 12.4. The minimum absolute atomic E-state index is 0. The quantitative estimate of drug-likeness (QED) is 0.0106. The van der Waals surface area contributed by atoms with E-state index >= 15 is 0 Å². The largest absolute Gasteiger partial charge is 0.479 e. The molecular formula is C92H159ClN23O19P5. The average molecular weight is 2080 g/mol. The molecule has 5 fully saturated rings. The third-order valence-electron chi connectivity index (χ3n) is 24.1. The number of aliphatic hydroxyl groups is 9. The molecule has 0 radical (unpaired) electrons. The smallest absolute Gasteiger partial charge is 0.280 e. The van der Waals surface area contributed by atoms with Crippen LogP contribution in [0.1, 0.15) is 160 Å². The number of halogens is 1. The number of nitrogens with zero attached hydrogens (tertiary/aromatic N) is 16. The van der Waals surface area contributed by atoms with Gasteiger partial charge in [-0.25, -0.2) is 34.9 Å². The van der Waals surface area contributed by atoms with Gasteiger partial charge in [0.2, 0.25) is 23.7 Å². The number of aliphatic imine (C=N–C) groups is 1. The number of amidine groups is 1. The Kier molecular flexibility index (Phi) is 41.1. The van der Waals surface area contributed by atoms with Gasteiger partial charge < -0.3 is 100 Å². The molecule has 0 aromatic carbocycles. The topological polar surface area (TPSA) is 559 Å². The van der Waals surface area contributed by atoms with E-state index in [0.29, 0.717) is 89.6 Å². The highest BCUT2D eigenvalue weighted by Gasteiger charge is 2.53. The van der Waals surface area contributed by atoms with Gasteiger partial charge in [0.1, 0.15) is 83.5 Å². The molecule has 5 saturated heterocycles. The van der Waals surface area contributed by atoms with Crippen LogP contribution in [0.25, 0.3) is 44.7 Å². The summed E-state index contributed by atoms with van der Waals surface area (Å²) in [6.45, 7) is 39.1. The molecule has 0 saturated carbocycles. The van der Waals surface area contributed by atoms with Gasteiger partial charge in [0, 0.05) is 26.2 Å². The van der Waals surface area contributed by atoms with Gasteiger partial charge in [-0.15, -0.1) is 77.5 Å². The number of aryl methyl sites for hydroxylation is 1. The number of alkyl halides is 1. The average Bonchev–Trinajstić information content (AvgIpc) is 1.63. The lowest BCUT2D eigenvalue weighted by Crippen LogP contribution is -2.36. The molecule has 0 aliphatic carbocycles. The van der Waals surface area contributed by atoms with Crippen molar-refractivity contribution in [2.75, 3.05) is 152 Å². The molecule has 6 aliphatic rings. The first-order valence-electron chi connectivity index (χ1n) is 46.4. The van der Waals surface area contributed by atoms with Crippen LogP contribution in [0.4, 0.5) is 23.7 Å². The number of methoxy groups -OCH3 is 1. The zero-order valence-corrected chi connectivity index (χ0v) is 88.0. The van der Waals surface area contributed by atoms with Crippen molar-refractivity contribution in [3.8, 4) is 5.88 Å². The molecule has 6 unspecified atom stereocenters. The van der Waals surface area contributed by atoms with Crippen LogP contribution in [0, 0.1) is 36.5 Å². The lowest BCUT2D eigenvalue weighted by Gasteiger charge is -2.26. The number of rotatable bonds is 32. The molecule has 15 heterocycles. The number of unbranched alkanes of at least 4 members (excludes halogenated alkanes) is 1. The summed E-state index contributed by atoms with van der Waals surface area (Å²) in [7, 11) is 1.52. The van der Waals surface area contributed by atoms with Crippen molar-refractivity contribution in [2.45, 2.75) is 246 Å². The third-order valence-corrected chi connectivity index (χ3v) is 32.4. The number of fused-ring (bicyclic) bond motifs is 5. The Hall–Kier alpha value is -7.33. The van der Waals surface area contributed by atoms with Crippen molar-refractivity contribution in [2.24, 2.45) is 34.6 Å². The first-order chi connectivity index (χ1) is 64.1. The van der Waals surface area contributed by atoms with Gasteiger partial charge in [-0.1, -0.05) is 77.2 Å². The van der Waals surface area contributed by atoms with Crippen LogP contribution in [0.15, 0.2) is 51.0 Å². The molecule has 9 aromatic rings. The van der Waals surface area contributed by atoms with E-state index in [1.54, 1.807) is 17.8 Å². The Bertz CT molecular complexity index is 6100. The summed E-state index contributed by atoms with van der Waals surface area (Å²) < 4.78 is 49.4. The number of hydrogen-bond donors (Lipinski definition) is 16. The third kappa shape index (κ3) is 28.1. The second-order valence-corrected chi connectivity index (χ2v) is 62.1. The second-order valence-electron chi connectivity index (χ2n) is 40.4. The fraction of sp³-hybridized carbons (Fsp3) is 0.685. The summed E-state index contributed by atoms with van der Waals surface area (Å²) in [5.74, 6) is 3.72. The Morgan fingerprint density at radius 3 is 1.06 bits per heavy atom. The van der Waals surface area contributed by atoms with Crippen molar-refractivity contribution in [1.29, 1.82) is 0 Å². The summed E-state index contributed by atoms with van der Waals surface area (Å²) in [5, 5.41) is 107. The number of aliphatic hydroxyl groups excluding tert-OH is 9. The first-order valence-corrected chi connectivity index (χ1v) is 62.1. The Balaban J connectivity index is 0.000000213. The number of nitrogens with one attached hydrogen (secondary N) is 7. The number of ether oxygens (including phenoxy) is 7. The predicted molar refractivity (Wildman–Crippen MR) is 574 cm³/mol. The molecule has 42 nitrogen and oxygen atoms in total. The van der Waals surface area contributed by atoms with E-state index in [-0.39, 0.29) is 91.2 Å². The summed E-state index contributed by atoms with van der Waals surface area (Å²) in [6.07, 6.45) is 19.7. The van der Waals surface area contributed by atoms with Crippen LogP contribution < -0.4 is 42.7 Å². The number of hydrogen-bond acceptors (Lipinski definition) is 34. The van der Waals surface area contributed by atoms with E-state index in [1.807, 2.05) is 60.0 Å². The van der Waals surface area contributed by atoms with Gasteiger partial charge in [0.15, 0.2) is 82.0 Å². The molecule has 6 aliphatic heterocycles. The Morgan fingerprint density at radius 2 is 0.743 bits per heavy atom. The molecule has 26 atom stereocenters. The molecule has 15 rings (SSSR count). The zero-order valence-electron chi connectivity index (χ0n) is 82.8. The molecule has 0 amide bonds. The number of H-pyrrole nitrogens is 3. The SMILES string of the molecule is C.C.C.C=P(C)(C)CC(C)[C@H]1O[C@@H](n2cnc3c(=O)[nH]c(NCC)nc32)[C@H](O)[C@@H]1O.C=P(C)(C)CC(C)[C@H]1O[C@@H](n2cnc3c(=O)[nH]c(NCCC)nc32)[C@H](O)[C@@H]1O.C=P(C)(C)CC(C)[C@H]1O[C@@H](n2cnc3c(=O)[nH]c(NCCCC)nc32)[C@H](O)[C@@H]1O.C=P(C)(C)CC(C)[C@H]1O[C@@H](n2cnc3c(OC)nc(C)nc32)[C@H](O)[C@@H]1O.C=P(C)(C)CC(C)[C@H]1O[C@@H](n2cnc3c2NC(C)=NC3OCC)[C@H](Cl)[C@@H]1O. The molecule has 788 valence electrons. The first kappa shape index (κ1) is 118. The summed E-state index contributed by atoms with van der Waals surface area (Å²) in [5.41, 5.74) is 1.96. The number of aromatic amines is 3. The standard InChI is InChI=1S/C19H32N5O4P.C18H30ClN4O3P.C18H30N5O4P.C17H28N5O4P.C17H27N4O4P.3CH4/c1-6-7-8-20-19-22-16-12(17(27)23-19)21-10-24(16)18-14(26)13(25)15(28-18)11(2)9-29(3,4)5;1-7-25-17-13-16(21-11(3)22-17)23(9-20-13)18-12(19)14(24)15(26-18)10(2)8-27(4,5)6;1-6-7-19-18-21-15-11(16(26)22-18)20-9-23(15)17-13(25)12(24)14(27-17)10(2)8-28(3,4)5;1-6-18-17-20-14-10(15(25)21-17)19-8-22(14)16-12(24)11(23)13(26-16)9(2)7-27(3,4)5;1-9(7-26(4,5)6)14-12(22)13(23)17(25-14)21-8-18-11-15(21)19-10(2)20-16(11)24-3;;;/h10-11,13-15,18,25-26H,3,6-9H2,1-2,4-5H3,(H2,20,22,23,27);9-10,12,14-15,17-18,24H,4,7-8H2,1-3,5-6H3,(H,21,22);9-10,12-14,17,24-25H,3,6-8H2,1-2,4-5H3,(H2,19,21,22,26);8-9,11-13,16,23-24H,3,6-7H2,1-2,4-5H3,(H2,18,20,21,25);8-9,12-14,17,22-23H,4,7H2,1-3,5-6H3;3*1H4/t11?,13-,14+,15+,18+;10?,12-,14+,15-,17?,18-;10?,12-,13+,14+,17+;9?,11-,12+,13+,16+;9?,12-,13+,14+,17+;;;/m01000.../s1. The van der Waals surface area contributed by atoms with Gasteiger partial charge in [0.25, 0.3) is 16.7 Å². The van der Waals surface area contributed by atoms with Gasteiger partial charge in [-0.05, 0) is 168 Å². The molecule has 0 bridgehead atoms. The lowest BCUT2D eigenvalue weighted by atomic mass is 10.0. The summed E-state index contributed by atoms with van der Waals surface area (Å²) >= 11 is 6.59. The van der Waals surface area contributed by atoms with Crippen LogP contribution in [-0.2, 0) is 28.4 Å². The lowest BCUT2D eigenvalue weighted by molar-refractivity contribution is -0.0487. The number of imidazole rings is 5. The summed E-state index contributed by atoms with van der Waals surface area (Å²) in [6, 6.07) is 0. The van der Waals surface area contributed by atoms with E-state index in [2.05, 4.69) is 203 Å². The molecular weight excluding hydrogens is 1920 g/mol.